The second-order valence-electron chi connectivity index (χ2n) is 4.40. The molecule has 0 radical (unpaired) electrons. The highest BCUT2D eigenvalue weighted by Crippen LogP contribution is 2.25. The van der Waals surface area contributed by atoms with Gasteiger partial charge in [-0.05, 0) is 59.7 Å². The molecule has 0 saturated carbocycles. The average molecular weight is 368 g/mol. The Morgan fingerprint density at radius 2 is 2.16 bits per heavy atom. The van der Waals surface area contributed by atoms with Crippen molar-refractivity contribution in [3.63, 3.8) is 0 Å². The number of benzene rings is 1. The molecule has 0 aliphatic heterocycles. The van der Waals surface area contributed by atoms with E-state index in [4.69, 9.17) is 10.5 Å². The van der Waals surface area contributed by atoms with Crippen molar-refractivity contribution in [2.45, 2.75) is 25.8 Å². The first-order valence-corrected chi connectivity index (χ1v) is 7.39. The van der Waals surface area contributed by atoms with Crippen LogP contribution in [0.4, 0.5) is 0 Å². The van der Waals surface area contributed by atoms with E-state index in [0.29, 0.717) is 5.88 Å². The van der Waals surface area contributed by atoms with Crippen molar-refractivity contribution >= 4 is 22.6 Å². The number of ether oxygens (including phenoxy) is 1. The van der Waals surface area contributed by atoms with E-state index in [-0.39, 0.29) is 6.04 Å². The van der Waals surface area contributed by atoms with Crippen LogP contribution < -0.4 is 10.5 Å². The quantitative estimate of drug-likeness (QED) is 0.818. The predicted molar refractivity (Wildman–Crippen MR) is 85.4 cm³/mol. The number of nitrogens with zero attached hydrogens (tertiary/aromatic N) is 1. The molecule has 0 aliphatic carbocycles. The second kappa shape index (κ2) is 6.86. The van der Waals surface area contributed by atoms with Crippen LogP contribution in [0.2, 0.25) is 0 Å². The largest absolute Gasteiger partial charge is 0.439 e. The zero-order chi connectivity index (χ0) is 13.7. The van der Waals surface area contributed by atoms with Gasteiger partial charge in [-0.25, -0.2) is 4.98 Å². The highest BCUT2D eigenvalue weighted by molar-refractivity contribution is 14.1. The molecule has 1 aromatic carbocycles. The van der Waals surface area contributed by atoms with Gasteiger partial charge in [-0.3, -0.25) is 0 Å². The van der Waals surface area contributed by atoms with E-state index in [9.17, 15) is 0 Å². The number of pyridine rings is 1. The number of nitrogens with two attached hydrogens (primary N) is 1. The van der Waals surface area contributed by atoms with Crippen LogP contribution in [0.25, 0.3) is 0 Å². The van der Waals surface area contributed by atoms with Gasteiger partial charge in [-0.2, -0.15) is 0 Å². The Labute approximate surface area is 127 Å². The minimum absolute atomic E-state index is 0.141. The van der Waals surface area contributed by atoms with E-state index in [1.165, 1.54) is 0 Å². The Kier molecular flexibility index (Phi) is 5.15. The van der Waals surface area contributed by atoms with Gasteiger partial charge in [0.05, 0.1) is 0 Å². The van der Waals surface area contributed by atoms with Crippen LogP contribution in [-0.2, 0) is 6.42 Å². The Bertz CT molecular complexity index is 545. The average Bonchev–Trinajstić information content (AvgIpc) is 2.41. The summed E-state index contributed by atoms with van der Waals surface area (Å²) in [7, 11) is 0. The summed E-state index contributed by atoms with van der Waals surface area (Å²) in [5.74, 6) is 1.45. The highest BCUT2D eigenvalue weighted by atomic mass is 127. The van der Waals surface area contributed by atoms with Crippen LogP contribution >= 0.6 is 22.6 Å². The molecule has 1 unspecified atom stereocenters. The molecule has 2 aromatic rings. The van der Waals surface area contributed by atoms with E-state index >= 15 is 0 Å². The van der Waals surface area contributed by atoms with Crippen LogP contribution in [0, 0.1) is 3.57 Å². The van der Waals surface area contributed by atoms with Crippen molar-refractivity contribution in [1.82, 2.24) is 4.98 Å². The molecule has 100 valence electrons. The molecule has 0 fully saturated rings. The molecule has 1 heterocycles. The lowest BCUT2D eigenvalue weighted by Crippen LogP contribution is -2.21. The summed E-state index contributed by atoms with van der Waals surface area (Å²) < 4.78 is 7.00. The number of rotatable bonds is 5. The number of aromatic nitrogens is 1. The minimum Gasteiger partial charge on any atom is -0.439 e. The van der Waals surface area contributed by atoms with Crippen LogP contribution in [0.3, 0.4) is 0 Å². The fourth-order valence-corrected chi connectivity index (χ4v) is 2.25. The third-order valence-corrected chi connectivity index (χ3v) is 3.54. The van der Waals surface area contributed by atoms with E-state index in [2.05, 4.69) is 34.5 Å². The molecule has 0 bridgehead atoms. The predicted octanol–water partition coefficient (Wildman–Crippen LogP) is 3.76. The van der Waals surface area contributed by atoms with Crippen molar-refractivity contribution in [1.29, 1.82) is 0 Å². The van der Waals surface area contributed by atoms with Gasteiger partial charge in [0.25, 0.3) is 0 Å². The first-order chi connectivity index (χ1) is 9.19. The Morgan fingerprint density at radius 1 is 1.32 bits per heavy atom. The second-order valence-corrected chi connectivity index (χ2v) is 5.65. The molecular weight excluding hydrogens is 351 g/mol. The first-order valence-electron chi connectivity index (χ1n) is 6.32. The SMILES string of the molecule is CCC(N)Cc1cccnc1Oc1cccc(I)c1. The van der Waals surface area contributed by atoms with Gasteiger partial charge < -0.3 is 10.5 Å². The lowest BCUT2D eigenvalue weighted by atomic mass is 10.1. The zero-order valence-electron chi connectivity index (χ0n) is 10.8. The Hall–Kier alpha value is -1.14. The van der Waals surface area contributed by atoms with Gasteiger partial charge in [0.1, 0.15) is 5.75 Å². The Morgan fingerprint density at radius 3 is 2.89 bits per heavy atom. The molecule has 0 aliphatic rings. The maximum atomic E-state index is 6.01. The van der Waals surface area contributed by atoms with E-state index in [0.717, 1.165) is 27.7 Å². The van der Waals surface area contributed by atoms with Crippen molar-refractivity contribution in [2.75, 3.05) is 0 Å². The third-order valence-electron chi connectivity index (χ3n) is 2.87. The molecule has 0 spiro atoms. The number of hydrogen-bond acceptors (Lipinski definition) is 3. The molecule has 2 rings (SSSR count). The van der Waals surface area contributed by atoms with Crippen LogP contribution in [0.15, 0.2) is 42.6 Å². The normalized spacial score (nSPS) is 12.2. The van der Waals surface area contributed by atoms with E-state index in [1.54, 1.807) is 6.20 Å². The summed E-state index contributed by atoms with van der Waals surface area (Å²) in [6, 6.07) is 12.0. The first kappa shape index (κ1) is 14.3. The summed E-state index contributed by atoms with van der Waals surface area (Å²) in [5, 5.41) is 0. The van der Waals surface area contributed by atoms with Crippen molar-refractivity contribution in [3.8, 4) is 11.6 Å². The number of hydrogen-bond donors (Lipinski definition) is 1. The lowest BCUT2D eigenvalue weighted by Gasteiger charge is -2.13. The monoisotopic (exact) mass is 368 g/mol. The van der Waals surface area contributed by atoms with Gasteiger partial charge in [0.15, 0.2) is 0 Å². The molecule has 0 amide bonds. The summed E-state index contributed by atoms with van der Waals surface area (Å²) >= 11 is 2.26. The summed E-state index contributed by atoms with van der Waals surface area (Å²) in [6.07, 6.45) is 3.46. The van der Waals surface area contributed by atoms with Gasteiger partial charge in [0, 0.05) is 21.4 Å². The summed E-state index contributed by atoms with van der Waals surface area (Å²) in [6.45, 7) is 2.08. The Balaban J connectivity index is 2.20. The zero-order valence-corrected chi connectivity index (χ0v) is 13.0. The van der Waals surface area contributed by atoms with E-state index < -0.39 is 0 Å². The molecule has 1 atom stereocenters. The van der Waals surface area contributed by atoms with Gasteiger partial charge in [0.2, 0.25) is 5.88 Å². The molecule has 0 saturated heterocycles. The topological polar surface area (TPSA) is 48.1 Å². The minimum atomic E-state index is 0.141. The van der Waals surface area contributed by atoms with Gasteiger partial charge in [-0.15, -0.1) is 0 Å². The standard InChI is InChI=1S/C15H17IN2O/c1-2-13(17)9-11-5-4-8-18-15(11)19-14-7-3-6-12(16)10-14/h3-8,10,13H,2,9,17H2,1H3. The van der Waals surface area contributed by atoms with Gasteiger partial charge >= 0.3 is 0 Å². The molecule has 1 aromatic heterocycles. The number of halogens is 1. The molecule has 19 heavy (non-hydrogen) atoms. The maximum absolute atomic E-state index is 6.01. The van der Waals surface area contributed by atoms with Crippen molar-refractivity contribution < 1.29 is 4.74 Å². The molecule has 4 heteroatoms. The highest BCUT2D eigenvalue weighted by Gasteiger charge is 2.09. The van der Waals surface area contributed by atoms with Crippen molar-refractivity contribution in [2.24, 2.45) is 5.73 Å². The van der Waals surface area contributed by atoms with Gasteiger partial charge in [-0.1, -0.05) is 19.1 Å². The van der Waals surface area contributed by atoms with Crippen LogP contribution in [0.1, 0.15) is 18.9 Å². The summed E-state index contributed by atoms with van der Waals surface area (Å²) in [5.41, 5.74) is 7.06. The lowest BCUT2D eigenvalue weighted by molar-refractivity contribution is 0.452. The fourth-order valence-electron chi connectivity index (χ4n) is 1.74. The smallest absolute Gasteiger partial charge is 0.222 e. The third kappa shape index (κ3) is 4.18. The fraction of sp³-hybridized carbons (Fsp3) is 0.267. The van der Waals surface area contributed by atoms with Crippen molar-refractivity contribution in [3.05, 3.63) is 51.7 Å². The summed E-state index contributed by atoms with van der Waals surface area (Å²) in [4.78, 5) is 4.31. The van der Waals surface area contributed by atoms with E-state index in [1.807, 2.05) is 36.4 Å². The van der Waals surface area contributed by atoms with Crippen LogP contribution in [0.5, 0.6) is 11.6 Å². The molecular formula is C15H17IN2O. The maximum Gasteiger partial charge on any atom is 0.222 e. The van der Waals surface area contributed by atoms with Crippen LogP contribution in [-0.4, -0.2) is 11.0 Å². The molecule has 2 N–H and O–H groups in total. The molecule has 3 nitrogen and oxygen atoms in total.